The van der Waals surface area contributed by atoms with Gasteiger partial charge in [0.2, 0.25) is 0 Å². The average molecular weight is 178 g/mol. The summed E-state index contributed by atoms with van der Waals surface area (Å²) in [6.45, 7) is 0.903. The van der Waals surface area contributed by atoms with E-state index >= 15 is 0 Å². The van der Waals surface area contributed by atoms with E-state index in [0.29, 0.717) is 0 Å². The number of hydrogen-bond donors (Lipinski definition) is 1. The average Bonchev–Trinajstić information content (AvgIpc) is 1.87. The molecule has 0 aliphatic heterocycles. The molecular weight excluding hydrogens is 164 g/mol. The first kappa shape index (κ1) is 10.0. The van der Waals surface area contributed by atoms with Crippen molar-refractivity contribution in [2.45, 2.75) is 0 Å². The van der Waals surface area contributed by atoms with Crippen LogP contribution in [-0.2, 0) is 0 Å². The molecule has 0 radical (unpaired) electrons. The molecule has 0 N–H and O–H groups in total. The van der Waals surface area contributed by atoms with Crippen molar-refractivity contribution < 1.29 is 0 Å². The quantitative estimate of drug-likeness (QED) is 0.491. The lowest BCUT2D eigenvalue weighted by molar-refractivity contribution is 0.460. The zero-order valence-corrected chi connectivity index (χ0v) is 8.38. The van der Waals surface area contributed by atoms with Crippen molar-refractivity contribution in [2.24, 2.45) is 0 Å². The number of nitrogens with zero attached hydrogens (tertiary/aromatic N) is 2. The summed E-state index contributed by atoms with van der Waals surface area (Å²) in [5.74, 6) is 0.838. The van der Waals surface area contributed by atoms with Crippen LogP contribution < -0.4 is 0 Å². The fourth-order valence-corrected chi connectivity index (χ4v) is 0.978. The summed E-state index contributed by atoms with van der Waals surface area (Å²) in [4.78, 5) is 3.92. The highest BCUT2D eigenvalue weighted by Gasteiger charge is 2.02. The van der Waals surface area contributed by atoms with Crippen molar-refractivity contribution in [3.8, 4) is 0 Å². The van der Waals surface area contributed by atoms with Crippen molar-refractivity contribution >= 4 is 30.0 Å². The Balaban J connectivity index is 3.71. The molecule has 4 heteroatoms. The third kappa shape index (κ3) is 3.27. The molecular formula is C6H14N2S2. The number of hydrogen-bond acceptors (Lipinski definition) is 2. The molecule has 0 aromatic rings. The molecule has 0 aliphatic carbocycles. The van der Waals surface area contributed by atoms with Gasteiger partial charge < -0.3 is 9.80 Å². The van der Waals surface area contributed by atoms with Gasteiger partial charge in [-0.05, 0) is 12.2 Å². The summed E-state index contributed by atoms with van der Waals surface area (Å²) in [5.41, 5.74) is 0. The second-order valence-electron chi connectivity index (χ2n) is 2.32. The smallest absolute Gasteiger partial charge is 0.170 e. The lowest BCUT2D eigenvalue weighted by Gasteiger charge is -2.24. The first-order valence-corrected chi connectivity index (χ1v) is 4.17. The van der Waals surface area contributed by atoms with Crippen LogP contribution >= 0.6 is 24.8 Å². The lowest BCUT2D eigenvalue weighted by atomic mass is 10.6. The van der Waals surface area contributed by atoms with Gasteiger partial charge in [0, 0.05) is 33.4 Å². The summed E-state index contributed by atoms with van der Waals surface area (Å²) in [6, 6.07) is 0. The second-order valence-corrected chi connectivity index (χ2v) is 3.13. The monoisotopic (exact) mass is 178 g/mol. The van der Waals surface area contributed by atoms with Crippen molar-refractivity contribution in [3.63, 3.8) is 0 Å². The topological polar surface area (TPSA) is 6.48 Å². The second kappa shape index (κ2) is 4.79. The summed E-state index contributed by atoms with van der Waals surface area (Å²) in [6.07, 6.45) is 0. The third-order valence-corrected chi connectivity index (χ3v) is 2.02. The maximum absolute atomic E-state index is 5.08. The van der Waals surface area contributed by atoms with Crippen molar-refractivity contribution in [2.75, 3.05) is 33.4 Å². The maximum atomic E-state index is 5.08. The number of rotatable bonds is 2. The van der Waals surface area contributed by atoms with Gasteiger partial charge in [0.15, 0.2) is 5.11 Å². The van der Waals surface area contributed by atoms with E-state index in [1.54, 1.807) is 0 Å². The van der Waals surface area contributed by atoms with Gasteiger partial charge in [-0.15, -0.1) is 0 Å². The fourth-order valence-electron chi connectivity index (χ4n) is 0.587. The Hall–Kier alpha value is 0.0400. The van der Waals surface area contributed by atoms with Crippen molar-refractivity contribution in [3.05, 3.63) is 0 Å². The molecule has 0 aliphatic rings. The van der Waals surface area contributed by atoms with Crippen molar-refractivity contribution in [1.82, 2.24) is 9.80 Å². The Morgan fingerprint density at radius 2 is 1.90 bits per heavy atom. The van der Waals surface area contributed by atoms with Crippen LogP contribution in [0.2, 0.25) is 0 Å². The van der Waals surface area contributed by atoms with Crippen LogP contribution in [-0.4, -0.2) is 48.4 Å². The van der Waals surface area contributed by atoms with E-state index in [-0.39, 0.29) is 0 Å². The van der Waals surface area contributed by atoms with E-state index in [0.717, 1.165) is 17.4 Å². The van der Waals surface area contributed by atoms with Crippen LogP contribution in [0.4, 0.5) is 0 Å². The summed E-state index contributed by atoms with van der Waals surface area (Å²) in [5, 5.41) is 0.856. The highest BCUT2D eigenvalue weighted by Crippen LogP contribution is 1.91. The van der Waals surface area contributed by atoms with Gasteiger partial charge in [-0.1, -0.05) is 0 Å². The van der Waals surface area contributed by atoms with Gasteiger partial charge in [-0.25, -0.2) is 0 Å². The molecule has 0 rings (SSSR count). The molecule has 0 heterocycles. The lowest BCUT2D eigenvalue weighted by Crippen LogP contribution is -2.37. The van der Waals surface area contributed by atoms with Crippen molar-refractivity contribution in [1.29, 1.82) is 0 Å². The molecule has 2 nitrogen and oxygen atoms in total. The van der Waals surface area contributed by atoms with Crippen LogP contribution in [0.15, 0.2) is 0 Å². The van der Waals surface area contributed by atoms with Crippen LogP contribution in [0.25, 0.3) is 0 Å². The van der Waals surface area contributed by atoms with Gasteiger partial charge in [0.1, 0.15) is 0 Å². The first-order valence-electron chi connectivity index (χ1n) is 3.13. The Kier molecular flexibility index (Phi) is 4.81. The van der Waals surface area contributed by atoms with E-state index < -0.39 is 0 Å². The predicted octanol–water partition coefficient (Wildman–Crippen LogP) is 0.695. The molecule has 0 amide bonds. The summed E-state index contributed by atoms with van der Waals surface area (Å²) in [7, 11) is 5.85. The zero-order chi connectivity index (χ0) is 8.15. The third-order valence-electron chi connectivity index (χ3n) is 1.14. The number of thiol groups is 1. The van der Waals surface area contributed by atoms with Gasteiger partial charge >= 0.3 is 0 Å². The summed E-state index contributed by atoms with van der Waals surface area (Å²) >= 11 is 9.19. The van der Waals surface area contributed by atoms with Gasteiger partial charge in [0.05, 0.1) is 0 Å². The molecule has 0 saturated heterocycles. The highest BCUT2D eigenvalue weighted by atomic mass is 32.1. The van der Waals surface area contributed by atoms with E-state index in [1.807, 2.05) is 30.9 Å². The van der Waals surface area contributed by atoms with E-state index in [9.17, 15) is 0 Å². The standard InChI is InChI=1S/C6H14N2S2/c1-7(2)6(10)8(3)4-5-9/h9H,4-5H2,1-3H3. The highest BCUT2D eigenvalue weighted by molar-refractivity contribution is 7.80. The van der Waals surface area contributed by atoms with Crippen LogP contribution in [0.1, 0.15) is 0 Å². The fraction of sp³-hybridized carbons (Fsp3) is 0.833. The molecule has 0 spiro atoms. The Morgan fingerprint density at radius 3 is 2.20 bits per heavy atom. The minimum atomic E-state index is 0.838. The van der Waals surface area contributed by atoms with Crippen LogP contribution in [0.3, 0.4) is 0 Å². The molecule has 0 saturated carbocycles. The molecule has 0 fully saturated rings. The first-order chi connectivity index (χ1) is 4.59. The minimum absolute atomic E-state index is 0.838. The summed E-state index contributed by atoms with van der Waals surface area (Å²) < 4.78 is 0. The Bertz CT molecular complexity index is 114. The molecule has 0 aromatic heterocycles. The molecule has 0 bridgehead atoms. The van der Waals surface area contributed by atoms with E-state index in [4.69, 9.17) is 12.2 Å². The zero-order valence-electron chi connectivity index (χ0n) is 6.66. The molecule has 10 heavy (non-hydrogen) atoms. The molecule has 60 valence electrons. The van der Waals surface area contributed by atoms with Crippen LogP contribution in [0.5, 0.6) is 0 Å². The SMILES string of the molecule is CN(C)C(=S)N(C)CCS. The van der Waals surface area contributed by atoms with Gasteiger partial charge in [0.25, 0.3) is 0 Å². The largest absolute Gasteiger partial charge is 0.355 e. The minimum Gasteiger partial charge on any atom is -0.355 e. The molecule has 0 aromatic carbocycles. The van der Waals surface area contributed by atoms with Crippen LogP contribution in [0, 0.1) is 0 Å². The van der Waals surface area contributed by atoms with Gasteiger partial charge in [-0.3, -0.25) is 0 Å². The van der Waals surface area contributed by atoms with Gasteiger partial charge in [-0.2, -0.15) is 12.6 Å². The maximum Gasteiger partial charge on any atom is 0.170 e. The number of thiocarbonyl (C=S) groups is 1. The molecule has 0 unspecified atom stereocenters. The molecule has 0 atom stereocenters. The Morgan fingerprint density at radius 1 is 1.40 bits per heavy atom. The van der Waals surface area contributed by atoms with E-state index in [2.05, 4.69) is 12.6 Å². The Labute approximate surface area is 73.6 Å². The predicted molar refractivity (Wildman–Crippen MR) is 52.8 cm³/mol. The normalized spacial score (nSPS) is 9.20. The van der Waals surface area contributed by atoms with E-state index in [1.165, 1.54) is 0 Å².